The summed E-state index contributed by atoms with van der Waals surface area (Å²) in [5, 5.41) is 14.0. The van der Waals surface area contributed by atoms with Crippen molar-refractivity contribution in [3.63, 3.8) is 0 Å². The third kappa shape index (κ3) is 1.98. The second-order valence-electron chi connectivity index (χ2n) is 4.15. The van der Waals surface area contributed by atoms with Gasteiger partial charge in [-0.3, -0.25) is 0 Å². The number of nitrogens with zero attached hydrogens (tertiary/aromatic N) is 2. The van der Waals surface area contributed by atoms with Crippen LogP contribution in [-0.2, 0) is 7.05 Å². The van der Waals surface area contributed by atoms with E-state index >= 15 is 0 Å². The number of phenolic OH excluding ortho intramolecular Hbond substituents is 1. The number of benzene rings is 1. The lowest BCUT2D eigenvalue weighted by atomic mass is 10.0. The second kappa shape index (κ2) is 4.13. The Labute approximate surface area is 100 Å². The van der Waals surface area contributed by atoms with Gasteiger partial charge in [0.15, 0.2) is 0 Å². The lowest BCUT2D eigenvalue weighted by Crippen LogP contribution is -1.95. The Bertz CT molecular complexity index is 559. The largest absolute Gasteiger partial charge is 0.508 e. The Balaban J connectivity index is 2.56. The van der Waals surface area contributed by atoms with E-state index in [-0.39, 0.29) is 0 Å². The zero-order chi connectivity index (χ0) is 12.6. The fourth-order valence-electron chi connectivity index (χ4n) is 1.85. The average Bonchev–Trinajstić information content (AvgIpc) is 2.65. The number of aryl methyl sites for hydroxylation is 3. The first-order chi connectivity index (χ1) is 8.02. The molecule has 4 nitrogen and oxygen atoms in total. The highest BCUT2D eigenvalue weighted by Crippen LogP contribution is 2.30. The first kappa shape index (κ1) is 11.5. The monoisotopic (exact) mass is 232 g/mol. The minimum Gasteiger partial charge on any atom is -0.508 e. The van der Waals surface area contributed by atoms with Crippen molar-refractivity contribution in [3.8, 4) is 22.9 Å². The molecular formula is C13H16N2O2. The second-order valence-corrected chi connectivity index (χ2v) is 4.15. The lowest BCUT2D eigenvalue weighted by molar-refractivity contribution is 0.373. The van der Waals surface area contributed by atoms with E-state index < -0.39 is 0 Å². The number of hydrogen-bond donors (Lipinski definition) is 1. The summed E-state index contributed by atoms with van der Waals surface area (Å²) >= 11 is 0. The van der Waals surface area contributed by atoms with E-state index in [0.717, 1.165) is 22.4 Å². The summed E-state index contributed by atoms with van der Waals surface area (Å²) in [5.74, 6) is 1.03. The molecular weight excluding hydrogens is 216 g/mol. The maximum atomic E-state index is 9.63. The van der Waals surface area contributed by atoms with Crippen LogP contribution in [-0.4, -0.2) is 22.0 Å². The maximum absolute atomic E-state index is 9.63. The number of aromatic nitrogens is 2. The standard InChI is InChI=1S/C13H16N2O2/c1-8-6-12(16)9(2)5-10(8)11-7-13(17-4)15(3)14-11/h5-7,16H,1-4H3. The molecule has 0 amide bonds. The zero-order valence-corrected chi connectivity index (χ0v) is 10.5. The predicted molar refractivity (Wildman–Crippen MR) is 66.3 cm³/mol. The number of hydrogen-bond acceptors (Lipinski definition) is 3. The summed E-state index contributed by atoms with van der Waals surface area (Å²) in [7, 11) is 3.46. The molecule has 2 aromatic rings. The maximum Gasteiger partial charge on any atom is 0.211 e. The van der Waals surface area contributed by atoms with Crippen LogP contribution < -0.4 is 4.74 Å². The molecule has 0 aliphatic heterocycles. The number of aromatic hydroxyl groups is 1. The topological polar surface area (TPSA) is 47.3 Å². The van der Waals surface area contributed by atoms with E-state index in [1.54, 1.807) is 17.9 Å². The quantitative estimate of drug-likeness (QED) is 0.865. The van der Waals surface area contributed by atoms with Crippen molar-refractivity contribution in [1.82, 2.24) is 9.78 Å². The summed E-state index contributed by atoms with van der Waals surface area (Å²) in [6.45, 7) is 3.83. The molecule has 0 aliphatic rings. The molecule has 4 heteroatoms. The molecule has 2 rings (SSSR count). The summed E-state index contributed by atoms with van der Waals surface area (Å²) < 4.78 is 6.88. The Morgan fingerprint density at radius 3 is 2.47 bits per heavy atom. The first-order valence-electron chi connectivity index (χ1n) is 5.41. The lowest BCUT2D eigenvalue weighted by Gasteiger charge is -2.06. The Kier molecular flexibility index (Phi) is 2.79. The van der Waals surface area contributed by atoms with Crippen LogP contribution in [0.5, 0.6) is 11.6 Å². The third-order valence-corrected chi connectivity index (χ3v) is 2.86. The van der Waals surface area contributed by atoms with Gasteiger partial charge in [-0.2, -0.15) is 5.10 Å². The van der Waals surface area contributed by atoms with E-state index in [4.69, 9.17) is 4.74 Å². The van der Waals surface area contributed by atoms with Gasteiger partial charge in [-0.05, 0) is 37.1 Å². The molecule has 17 heavy (non-hydrogen) atoms. The van der Waals surface area contributed by atoms with Crippen molar-refractivity contribution in [3.05, 3.63) is 29.3 Å². The van der Waals surface area contributed by atoms with Crippen LogP contribution >= 0.6 is 0 Å². The molecule has 1 heterocycles. The van der Waals surface area contributed by atoms with Crippen molar-refractivity contribution in [2.45, 2.75) is 13.8 Å². The molecule has 0 saturated heterocycles. The van der Waals surface area contributed by atoms with E-state index in [9.17, 15) is 5.11 Å². The summed E-state index contributed by atoms with van der Waals surface area (Å²) in [5.41, 5.74) is 3.70. The Hall–Kier alpha value is -1.97. The van der Waals surface area contributed by atoms with Crippen LogP contribution in [0.2, 0.25) is 0 Å². The highest BCUT2D eigenvalue weighted by Gasteiger charge is 2.11. The van der Waals surface area contributed by atoms with Gasteiger partial charge >= 0.3 is 0 Å². The van der Waals surface area contributed by atoms with Gasteiger partial charge in [0.05, 0.1) is 12.8 Å². The van der Waals surface area contributed by atoms with Gasteiger partial charge in [-0.1, -0.05) is 0 Å². The van der Waals surface area contributed by atoms with Gasteiger partial charge < -0.3 is 9.84 Å². The fraction of sp³-hybridized carbons (Fsp3) is 0.308. The van der Waals surface area contributed by atoms with Crippen LogP contribution in [0.3, 0.4) is 0 Å². The van der Waals surface area contributed by atoms with Gasteiger partial charge in [0, 0.05) is 18.7 Å². The van der Waals surface area contributed by atoms with Crippen LogP contribution in [0, 0.1) is 13.8 Å². The van der Waals surface area contributed by atoms with Crippen molar-refractivity contribution in [2.75, 3.05) is 7.11 Å². The minimum atomic E-state index is 0.314. The van der Waals surface area contributed by atoms with Gasteiger partial charge in [0.25, 0.3) is 0 Å². The predicted octanol–water partition coefficient (Wildman–Crippen LogP) is 2.42. The van der Waals surface area contributed by atoms with Gasteiger partial charge in [-0.25, -0.2) is 4.68 Å². The molecule has 0 fully saturated rings. The summed E-state index contributed by atoms with van der Waals surface area (Å²) in [6.07, 6.45) is 0. The number of phenols is 1. The SMILES string of the molecule is COc1cc(-c2cc(C)c(O)cc2C)nn1C. The zero-order valence-electron chi connectivity index (χ0n) is 10.5. The van der Waals surface area contributed by atoms with Crippen molar-refractivity contribution in [2.24, 2.45) is 7.05 Å². The van der Waals surface area contributed by atoms with Crippen molar-refractivity contribution >= 4 is 0 Å². The summed E-state index contributed by atoms with van der Waals surface area (Å²) in [4.78, 5) is 0. The van der Waals surface area contributed by atoms with Crippen LogP contribution in [0.15, 0.2) is 18.2 Å². The highest BCUT2D eigenvalue weighted by atomic mass is 16.5. The van der Waals surface area contributed by atoms with Crippen molar-refractivity contribution in [1.29, 1.82) is 0 Å². The average molecular weight is 232 g/mol. The van der Waals surface area contributed by atoms with Gasteiger partial charge in [0.2, 0.25) is 5.88 Å². The van der Waals surface area contributed by atoms with Crippen LogP contribution in [0.1, 0.15) is 11.1 Å². The van der Waals surface area contributed by atoms with Crippen LogP contribution in [0.4, 0.5) is 0 Å². The molecule has 1 aromatic carbocycles. The summed E-state index contributed by atoms with van der Waals surface area (Å²) in [6, 6.07) is 5.58. The molecule has 1 aromatic heterocycles. The van der Waals surface area contributed by atoms with Crippen molar-refractivity contribution < 1.29 is 9.84 Å². The van der Waals surface area contributed by atoms with E-state index in [0.29, 0.717) is 11.6 Å². The first-order valence-corrected chi connectivity index (χ1v) is 5.41. The molecule has 0 spiro atoms. The molecule has 1 N–H and O–H groups in total. The van der Waals surface area contributed by atoms with Crippen LogP contribution in [0.25, 0.3) is 11.3 Å². The normalized spacial score (nSPS) is 10.6. The van der Waals surface area contributed by atoms with Gasteiger partial charge in [0.1, 0.15) is 5.75 Å². The fourth-order valence-corrected chi connectivity index (χ4v) is 1.85. The molecule has 0 unspecified atom stereocenters. The van der Waals surface area contributed by atoms with Gasteiger partial charge in [-0.15, -0.1) is 0 Å². The van der Waals surface area contributed by atoms with E-state index in [1.807, 2.05) is 33.0 Å². The Morgan fingerprint density at radius 1 is 1.18 bits per heavy atom. The molecule has 0 aliphatic carbocycles. The molecule has 0 atom stereocenters. The molecule has 0 saturated carbocycles. The smallest absolute Gasteiger partial charge is 0.211 e. The molecule has 0 radical (unpaired) electrons. The highest BCUT2D eigenvalue weighted by molar-refractivity contribution is 5.67. The van der Waals surface area contributed by atoms with E-state index in [2.05, 4.69) is 5.10 Å². The minimum absolute atomic E-state index is 0.314. The molecule has 0 bridgehead atoms. The number of rotatable bonds is 2. The third-order valence-electron chi connectivity index (χ3n) is 2.86. The number of methoxy groups -OCH3 is 1. The van der Waals surface area contributed by atoms with E-state index in [1.165, 1.54) is 0 Å². The molecule has 90 valence electrons. The number of ether oxygens (including phenoxy) is 1. The Morgan fingerprint density at radius 2 is 1.88 bits per heavy atom.